The number of benzene rings is 3. The quantitative estimate of drug-likeness (QED) is 0.553. The van der Waals surface area contributed by atoms with Crippen LogP contribution in [0.2, 0.25) is 5.02 Å². The summed E-state index contributed by atoms with van der Waals surface area (Å²) in [5.41, 5.74) is 2.23. The van der Waals surface area contributed by atoms with Gasteiger partial charge in [-0.2, -0.15) is 0 Å². The zero-order chi connectivity index (χ0) is 21.6. The maximum Gasteiger partial charge on any atom is 0.255 e. The number of ether oxygens (including phenoxy) is 1. The van der Waals surface area contributed by atoms with Crippen molar-refractivity contribution in [3.63, 3.8) is 0 Å². The number of para-hydroxylation sites is 1. The molecule has 1 heterocycles. The Morgan fingerprint density at radius 1 is 0.935 bits per heavy atom. The summed E-state index contributed by atoms with van der Waals surface area (Å²) < 4.78 is 5.86. The summed E-state index contributed by atoms with van der Waals surface area (Å²) in [6.45, 7) is 7.08. The van der Waals surface area contributed by atoms with E-state index < -0.39 is 0 Å². The van der Waals surface area contributed by atoms with Crippen molar-refractivity contribution >= 4 is 28.9 Å². The number of nitrogens with zero attached hydrogens (tertiary/aromatic N) is 2. The van der Waals surface area contributed by atoms with Crippen molar-refractivity contribution in [1.29, 1.82) is 0 Å². The molecule has 3 aromatic carbocycles. The lowest BCUT2D eigenvalue weighted by Gasteiger charge is -2.36. The largest absolute Gasteiger partial charge is 0.457 e. The topological polar surface area (TPSA) is 44.8 Å². The van der Waals surface area contributed by atoms with Gasteiger partial charge in [0.2, 0.25) is 0 Å². The molecule has 0 unspecified atom stereocenters. The van der Waals surface area contributed by atoms with E-state index in [-0.39, 0.29) is 5.91 Å². The second-order valence-electron chi connectivity index (χ2n) is 7.48. The van der Waals surface area contributed by atoms with Gasteiger partial charge in [-0.1, -0.05) is 42.8 Å². The maximum absolute atomic E-state index is 13.0. The lowest BCUT2D eigenvalue weighted by Crippen LogP contribution is -2.46. The van der Waals surface area contributed by atoms with E-state index in [4.69, 9.17) is 16.3 Å². The molecular weight excluding hydrogens is 410 g/mol. The number of likely N-dealkylation sites (N-methyl/N-ethyl adjacent to an activating group) is 1. The third kappa shape index (κ3) is 5.37. The molecule has 0 saturated carbocycles. The maximum atomic E-state index is 13.0. The van der Waals surface area contributed by atoms with Crippen molar-refractivity contribution in [1.82, 2.24) is 4.90 Å². The first-order chi connectivity index (χ1) is 15.1. The molecule has 4 rings (SSSR count). The highest BCUT2D eigenvalue weighted by molar-refractivity contribution is 6.31. The van der Waals surface area contributed by atoms with Crippen LogP contribution in [0.3, 0.4) is 0 Å². The van der Waals surface area contributed by atoms with Crippen LogP contribution >= 0.6 is 11.6 Å². The zero-order valence-corrected chi connectivity index (χ0v) is 18.3. The molecule has 0 spiro atoms. The van der Waals surface area contributed by atoms with E-state index in [1.54, 1.807) is 12.1 Å². The van der Waals surface area contributed by atoms with Crippen LogP contribution in [0.1, 0.15) is 17.3 Å². The number of carbonyl (C=O) groups excluding carboxylic acids is 1. The fraction of sp³-hybridized carbons (Fsp3) is 0.240. The standard InChI is InChI=1S/C25H26ClN3O2/c1-2-28-13-15-29(16-14-28)24-12-11-20(26)18-23(24)27-25(30)19-7-6-10-22(17-19)31-21-8-4-3-5-9-21/h3-12,17-18H,2,13-16H2,1H3,(H,27,30). The third-order valence-corrected chi connectivity index (χ3v) is 5.68. The van der Waals surface area contributed by atoms with E-state index in [0.29, 0.717) is 16.3 Å². The Kier molecular flexibility index (Phi) is 6.75. The van der Waals surface area contributed by atoms with Gasteiger partial charge in [-0.15, -0.1) is 0 Å². The highest BCUT2D eigenvalue weighted by Gasteiger charge is 2.20. The summed E-state index contributed by atoms with van der Waals surface area (Å²) in [6.07, 6.45) is 0. The normalized spacial score (nSPS) is 14.3. The lowest BCUT2D eigenvalue weighted by molar-refractivity contribution is 0.102. The van der Waals surface area contributed by atoms with E-state index >= 15 is 0 Å². The summed E-state index contributed by atoms with van der Waals surface area (Å²) in [7, 11) is 0. The summed E-state index contributed by atoms with van der Waals surface area (Å²) in [5, 5.41) is 3.64. The van der Waals surface area contributed by atoms with E-state index in [0.717, 1.165) is 49.8 Å². The Bertz CT molecular complexity index is 1030. The molecule has 1 aliphatic heterocycles. The molecule has 1 saturated heterocycles. The van der Waals surface area contributed by atoms with Gasteiger partial charge in [0.1, 0.15) is 11.5 Å². The number of rotatable bonds is 6. The molecule has 1 aliphatic rings. The minimum Gasteiger partial charge on any atom is -0.457 e. The molecule has 0 radical (unpaired) electrons. The molecule has 0 bridgehead atoms. The molecule has 5 nitrogen and oxygen atoms in total. The predicted octanol–water partition coefficient (Wildman–Crippen LogP) is 5.53. The van der Waals surface area contributed by atoms with Gasteiger partial charge in [0, 0.05) is 36.8 Å². The molecule has 3 aromatic rings. The number of anilines is 2. The van der Waals surface area contributed by atoms with Gasteiger partial charge in [-0.05, 0) is 55.1 Å². The van der Waals surface area contributed by atoms with Crippen molar-refractivity contribution in [2.45, 2.75) is 6.92 Å². The van der Waals surface area contributed by atoms with Gasteiger partial charge < -0.3 is 19.9 Å². The molecule has 1 fully saturated rings. The van der Waals surface area contributed by atoms with E-state index in [1.807, 2.05) is 60.7 Å². The second kappa shape index (κ2) is 9.86. The summed E-state index contributed by atoms with van der Waals surface area (Å²) in [4.78, 5) is 17.7. The van der Waals surface area contributed by atoms with Crippen molar-refractivity contribution < 1.29 is 9.53 Å². The summed E-state index contributed by atoms with van der Waals surface area (Å²) in [6, 6.07) is 22.3. The van der Waals surface area contributed by atoms with Crippen molar-refractivity contribution in [3.05, 3.63) is 83.4 Å². The van der Waals surface area contributed by atoms with Crippen LogP contribution in [0.15, 0.2) is 72.8 Å². The fourth-order valence-electron chi connectivity index (χ4n) is 3.71. The molecule has 160 valence electrons. The summed E-state index contributed by atoms with van der Waals surface area (Å²) in [5.74, 6) is 1.14. The van der Waals surface area contributed by atoms with Crippen LogP contribution in [-0.2, 0) is 0 Å². The SMILES string of the molecule is CCN1CCN(c2ccc(Cl)cc2NC(=O)c2cccc(Oc3ccccc3)c2)CC1. The van der Waals surface area contributed by atoms with Gasteiger partial charge in [-0.3, -0.25) is 4.79 Å². The minimum atomic E-state index is -0.200. The number of hydrogen-bond acceptors (Lipinski definition) is 4. The Morgan fingerprint density at radius 2 is 1.68 bits per heavy atom. The first-order valence-corrected chi connectivity index (χ1v) is 10.9. The molecule has 1 N–H and O–H groups in total. The van der Waals surface area contributed by atoms with Crippen LogP contribution in [0, 0.1) is 0 Å². The Morgan fingerprint density at radius 3 is 2.42 bits per heavy atom. The van der Waals surface area contributed by atoms with Gasteiger partial charge in [0.15, 0.2) is 0 Å². The van der Waals surface area contributed by atoms with Gasteiger partial charge in [0.25, 0.3) is 5.91 Å². The number of carbonyl (C=O) groups is 1. The number of amides is 1. The average molecular weight is 436 g/mol. The average Bonchev–Trinajstić information content (AvgIpc) is 2.80. The van der Waals surface area contributed by atoms with E-state index in [9.17, 15) is 4.79 Å². The van der Waals surface area contributed by atoms with Crippen LogP contribution in [0.4, 0.5) is 11.4 Å². The van der Waals surface area contributed by atoms with Gasteiger partial charge >= 0.3 is 0 Å². The monoisotopic (exact) mass is 435 g/mol. The highest BCUT2D eigenvalue weighted by atomic mass is 35.5. The highest BCUT2D eigenvalue weighted by Crippen LogP contribution is 2.31. The minimum absolute atomic E-state index is 0.200. The molecular formula is C25H26ClN3O2. The smallest absolute Gasteiger partial charge is 0.255 e. The fourth-order valence-corrected chi connectivity index (χ4v) is 3.88. The van der Waals surface area contributed by atoms with Gasteiger partial charge in [-0.25, -0.2) is 0 Å². The van der Waals surface area contributed by atoms with Crippen molar-refractivity contribution in [2.24, 2.45) is 0 Å². The molecule has 31 heavy (non-hydrogen) atoms. The Labute approximate surface area is 188 Å². The number of hydrogen-bond donors (Lipinski definition) is 1. The zero-order valence-electron chi connectivity index (χ0n) is 17.6. The molecule has 0 aromatic heterocycles. The summed E-state index contributed by atoms with van der Waals surface area (Å²) >= 11 is 6.25. The number of piperazine rings is 1. The van der Waals surface area contributed by atoms with Crippen molar-refractivity contribution in [3.8, 4) is 11.5 Å². The number of halogens is 1. The second-order valence-corrected chi connectivity index (χ2v) is 7.92. The predicted molar refractivity (Wildman–Crippen MR) is 127 cm³/mol. The third-order valence-electron chi connectivity index (χ3n) is 5.44. The van der Waals surface area contributed by atoms with Crippen LogP contribution in [0.5, 0.6) is 11.5 Å². The molecule has 0 aliphatic carbocycles. The van der Waals surface area contributed by atoms with Crippen LogP contribution in [0.25, 0.3) is 0 Å². The number of nitrogens with one attached hydrogen (secondary N) is 1. The van der Waals surface area contributed by atoms with Gasteiger partial charge in [0.05, 0.1) is 11.4 Å². The first kappa shape index (κ1) is 21.2. The first-order valence-electron chi connectivity index (χ1n) is 10.5. The van der Waals surface area contributed by atoms with Crippen molar-refractivity contribution in [2.75, 3.05) is 42.9 Å². The Hall–Kier alpha value is -3.02. The van der Waals surface area contributed by atoms with E-state index in [1.165, 1.54) is 0 Å². The molecule has 1 amide bonds. The lowest BCUT2D eigenvalue weighted by atomic mass is 10.1. The molecule has 6 heteroatoms. The molecule has 0 atom stereocenters. The van der Waals surface area contributed by atoms with Crippen LogP contribution < -0.4 is 15.0 Å². The van der Waals surface area contributed by atoms with E-state index in [2.05, 4.69) is 22.0 Å². The Balaban J connectivity index is 1.51. The van der Waals surface area contributed by atoms with Crippen LogP contribution in [-0.4, -0.2) is 43.5 Å².